The average molecular weight is 155 g/mol. The van der Waals surface area contributed by atoms with E-state index >= 15 is 0 Å². The smallest absolute Gasteiger partial charge is 0.00301 e. The summed E-state index contributed by atoms with van der Waals surface area (Å²) in [5, 5.41) is 0. The van der Waals surface area contributed by atoms with E-state index in [0.29, 0.717) is 10.8 Å². The molecular formula is C10H21N. The monoisotopic (exact) mass is 155 g/mol. The first-order valence-electron chi connectivity index (χ1n) is 4.49. The highest BCUT2D eigenvalue weighted by atomic mass is 15.1. The van der Waals surface area contributed by atoms with E-state index in [1.807, 2.05) is 0 Å². The van der Waals surface area contributed by atoms with Crippen LogP contribution in [0.5, 0.6) is 0 Å². The van der Waals surface area contributed by atoms with Gasteiger partial charge in [0.15, 0.2) is 0 Å². The summed E-state index contributed by atoms with van der Waals surface area (Å²) in [6.07, 6.45) is 1.35. The second kappa shape index (κ2) is 2.48. The molecule has 0 bridgehead atoms. The molecule has 0 amide bonds. The molecule has 1 aliphatic rings. The molecule has 1 saturated heterocycles. The molecule has 0 aliphatic carbocycles. The summed E-state index contributed by atoms with van der Waals surface area (Å²) in [4.78, 5) is 2.45. The first-order chi connectivity index (χ1) is 4.81. The van der Waals surface area contributed by atoms with Crippen molar-refractivity contribution in [2.24, 2.45) is 10.8 Å². The van der Waals surface area contributed by atoms with Crippen molar-refractivity contribution >= 4 is 0 Å². The molecule has 0 spiro atoms. The lowest BCUT2D eigenvalue weighted by atomic mass is 9.71. The van der Waals surface area contributed by atoms with Crippen molar-refractivity contribution in [3.05, 3.63) is 0 Å². The highest BCUT2D eigenvalue weighted by Crippen LogP contribution is 2.38. The summed E-state index contributed by atoms with van der Waals surface area (Å²) < 4.78 is 0. The molecule has 66 valence electrons. The highest BCUT2D eigenvalue weighted by Gasteiger charge is 2.35. The normalized spacial score (nSPS) is 30.3. The van der Waals surface area contributed by atoms with E-state index in [2.05, 4.69) is 39.6 Å². The zero-order chi connectivity index (χ0) is 8.70. The first kappa shape index (κ1) is 9.05. The van der Waals surface area contributed by atoms with E-state index in [1.54, 1.807) is 0 Å². The van der Waals surface area contributed by atoms with E-state index in [1.165, 1.54) is 19.5 Å². The van der Waals surface area contributed by atoms with Gasteiger partial charge in [0.05, 0.1) is 0 Å². The predicted molar refractivity (Wildman–Crippen MR) is 49.7 cm³/mol. The molecule has 0 N–H and O–H groups in total. The van der Waals surface area contributed by atoms with Crippen LogP contribution in [0.15, 0.2) is 0 Å². The number of likely N-dealkylation sites (tertiary alicyclic amines) is 1. The quantitative estimate of drug-likeness (QED) is 0.519. The molecule has 0 saturated carbocycles. The molecule has 0 aromatic rings. The maximum absolute atomic E-state index is 2.45. The topological polar surface area (TPSA) is 3.24 Å². The predicted octanol–water partition coefficient (Wildman–Crippen LogP) is 2.37. The van der Waals surface area contributed by atoms with Crippen LogP contribution in [0.2, 0.25) is 0 Å². The van der Waals surface area contributed by atoms with Gasteiger partial charge in [0.2, 0.25) is 0 Å². The van der Waals surface area contributed by atoms with Gasteiger partial charge in [0.25, 0.3) is 0 Å². The van der Waals surface area contributed by atoms with Crippen LogP contribution in [0.25, 0.3) is 0 Å². The Morgan fingerprint density at radius 1 is 0.909 bits per heavy atom. The Kier molecular flexibility index (Phi) is 2.04. The van der Waals surface area contributed by atoms with Gasteiger partial charge in [-0.05, 0) is 24.3 Å². The molecule has 0 atom stereocenters. The second-order valence-electron chi connectivity index (χ2n) is 5.68. The van der Waals surface area contributed by atoms with Crippen molar-refractivity contribution in [1.29, 1.82) is 0 Å². The molecule has 0 radical (unpaired) electrons. The summed E-state index contributed by atoms with van der Waals surface area (Å²) in [6.45, 7) is 12.0. The van der Waals surface area contributed by atoms with Crippen LogP contribution in [-0.2, 0) is 0 Å². The fourth-order valence-corrected chi connectivity index (χ4v) is 2.92. The van der Waals surface area contributed by atoms with Crippen LogP contribution < -0.4 is 0 Å². The molecule has 1 fully saturated rings. The molecule has 1 aliphatic heterocycles. The number of piperidine rings is 1. The Morgan fingerprint density at radius 3 is 1.55 bits per heavy atom. The summed E-state index contributed by atoms with van der Waals surface area (Å²) in [5.41, 5.74) is 1.02. The minimum atomic E-state index is 0.510. The van der Waals surface area contributed by atoms with Crippen molar-refractivity contribution in [3.63, 3.8) is 0 Å². The third-order valence-corrected chi connectivity index (χ3v) is 2.35. The Hall–Kier alpha value is -0.0400. The average Bonchev–Trinajstić information content (AvgIpc) is 1.49. The maximum Gasteiger partial charge on any atom is 0.00301 e. The number of hydrogen-bond acceptors (Lipinski definition) is 1. The highest BCUT2D eigenvalue weighted by molar-refractivity contribution is 4.88. The number of rotatable bonds is 0. The fraction of sp³-hybridized carbons (Fsp3) is 1.00. The van der Waals surface area contributed by atoms with Crippen molar-refractivity contribution in [2.45, 2.75) is 34.1 Å². The van der Waals surface area contributed by atoms with Crippen LogP contribution >= 0.6 is 0 Å². The zero-order valence-corrected chi connectivity index (χ0v) is 8.57. The summed E-state index contributed by atoms with van der Waals surface area (Å²) in [6, 6.07) is 0. The van der Waals surface area contributed by atoms with Gasteiger partial charge in [-0.2, -0.15) is 0 Å². The zero-order valence-electron chi connectivity index (χ0n) is 8.57. The number of hydrogen-bond donors (Lipinski definition) is 0. The Morgan fingerprint density at radius 2 is 1.27 bits per heavy atom. The van der Waals surface area contributed by atoms with Gasteiger partial charge in [-0.25, -0.2) is 0 Å². The van der Waals surface area contributed by atoms with Crippen LogP contribution in [-0.4, -0.2) is 25.0 Å². The molecule has 1 heteroatoms. The van der Waals surface area contributed by atoms with Crippen molar-refractivity contribution in [1.82, 2.24) is 4.90 Å². The van der Waals surface area contributed by atoms with Gasteiger partial charge in [0.1, 0.15) is 0 Å². The summed E-state index contributed by atoms with van der Waals surface area (Å²) in [5.74, 6) is 0. The van der Waals surface area contributed by atoms with Gasteiger partial charge >= 0.3 is 0 Å². The third-order valence-electron chi connectivity index (χ3n) is 2.35. The van der Waals surface area contributed by atoms with Crippen LogP contribution in [0, 0.1) is 10.8 Å². The molecule has 1 heterocycles. The Labute approximate surface area is 70.8 Å². The summed E-state index contributed by atoms with van der Waals surface area (Å²) >= 11 is 0. The first-order valence-corrected chi connectivity index (χ1v) is 4.49. The SMILES string of the molecule is CN1CC(C)(C)CC(C)(C)C1. The van der Waals surface area contributed by atoms with Crippen LogP contribution in [0.3, 0.4) is 0 Å². The van der Waals surface area contributed by atoms with E-state index < -0.39 is 0 Å². The second-order valence-corrected chi connectivity index (χ2v) is 5.68. The Balaban J connectivity index is 2.66. The van der Waals surface area contributed by atoms with Crippen LogP contribution in [0.1, 0.15) is 34.1 Å². The van der Waals surface area contributed by atoms with E-state index in [-0.39, 0.29) is 0 Å². The van der Waals surface area contributed by atoms with E-state index in [9.17, 15) is 0 Å². The molecule has 0 aromatic heterocycles. The Bertz CT molecular complexity index is 131. The molecule has 0 unspecified atom stereocenters. The molecule has 1 rings (SSSR count). The van der Waals surface area contributed by atoms with E-state index in [0.717, 1.165) is 0 Å². The van der Waals surface area contributed by atoms with Crippen LogP contribution in [0.4, 0.5) is 0 Å². The van der Waals surface area contributed by atoms with Gasteiger partial charge < -0.3 is 4.90 Å². The maximum atomic E-state index is 2.45. The number of nitrogens with zero attached hydrogens (tertiary/aromatic N) is 1. The van der Waals surface area contributed by atoms with Crippen molar-refractivity contribution < 1.29 is 0 Å². The molecule has 0 aromatic carbocycles. The lowest BCUT2D eigenvalue weighted by Gasteiger charge is -2.45. The van der Waals surface area contributed by atoms with Gasteiger partial charge in [-0.1, -0.05) is 27.7 Å². The lowest BCUT2D eigenvalue weighted by molar-refractivity contribution is 0.0446. The largest absolute Gasteiger partial charge is 0.305 e. The standard InChI is InChI=1S/C10H21N/c1-9(2)6-10(3,4)8-11(5)7-9/h6-8H2,1-5H3. The lowest BCUT2D eigenvalue weighted by Crippen LogP contribution is -2.46. The summed E-state index contributed by atoms with van der Waals surface area (Å²) in [7, 11) is 2.22. The van der Waals surface area contributed by atoms with Gasteiger partial charge in [-0.3, -0.25) is 0 Å². The fourth-order valence-electron chi connectivity index (χ4n) is 2.92. The molecule has 1 nitrogen and oxygen atoms in total. The molecular weight excluding hydrogens is 134 g/mol. The van der Waals surface area contributed by atoms with Crippen molar-refractivity contribution in [3.8, 4) is 0 Å². The van der Waals surface area contributed by atoms with Gasteiger partial charge in [-0.15, -0.1) is 0 Å². The van der Waals surface area contributed by atoms with Gasteiger partial charge in [0, 0.05) is 13.1 Å². The third kappa shape index (κ3) is 2.48. The van der Waals surface area contributed by atoms with Crippen molar-refractivity contribution in [2.75, 3.05) is 20.1 Å². The minimum Gasteiger partial charge on any atom is -0.305 e. The minimum absolute atomic E-state index is 0.510. The molecule has 11 heavy (non-hydrogen) atoms. The van der Waals surface area contributed by atoms with E-state index in [4.69, 9.17) is 0 Å².